The lowest BCUT2D eigenvalue weighted by molar-refractivity contribution is -0.137. The molecule has 2 amide bonds. The molecule has 1 aromatic rings. The van der Waals surface area contributed by atoms with Crippen LogP contribution in [0.2, 0.25) is 0 Å². The Morgan fingerprint density at radius 3 is 2.28 bits per heavy atom. The number of nitrogens with zero attached hydrogens (tertiary/aromatic N) is 2. The van der Waals surface area contributed by atoms with E-state index in [1.54, 1.807) is 24.2 Å². The molecule has 134 valence electrons. The molecule has 25 heavy (non-hydrogen) atoms. The SMILES string of the molecule is CC=CC=CC(=O)N1CCN(C(=O)CCc2ccc(OC)cc2)CC1. The van der Waals surface area contributed by atoms with Crippen LogP contribution in [-0.4, -0.2) is 54.9 Å². The summed E-state index contributed by atoms with van der Waals surface area (Å²) in [5.41, 5.74) is 1.12. The van der Waals surface area contributed by atoms with Crippen molar-refractivity contribution in [3.05, 3.63) is 54.1 Å². The number of aryl methyl sites for hydroxylation is 1. The van der Waals surface area contributed by atoms with Crippen LogP contribution in [0.4, 0.5) is 0 Å². The summed E-state index contributed by atoms with van der Waals surface area (Å²) < 4.78 is 5.13. The molecule has 0 aromatic heterocycles. The summed E-state index contributed by atoms with van der Waals surface area (Å²) in [6.45, 7) is 4.29. The lowest BCUT2D eigenvalue weighted by Gasteiger charge is -2.34. The third-order valence-corrected chi connectivity index (χ3v) is 4.27. The number of benzene rings is 1. The van der Waals surface area contributed by atoms with Crippen LogP contribution < -0.4 is 4.74 Å². The van der Waals surface area contributed by atoms with Crippen molar-refractivity contribution in [2.24, 2.45) is 0 Å². The average molecular weight is 342 g/mol. The van der Waals surface area contributed by atoms with Gasteiger partial charge in [0.25, 0.3) is 0 Å². The fraction of sp³-hybridized carbons (Fsp3) is 0.400. The predicted octanol–water partition coefficient (Wildman–Crippen LogP) is 2.43. The molecule has 5 nitrogen and oxygen atoms in total. The monoisotopic (exact) mass is 342 g/mol. The number of carbonyl (C=O) groups is 2. The van der Waals surface area contributed by atoms with Crippen LogP contribution in [0.3, 0.4) is 0 Å². The zero-order valence-corrected chi connectivity index (χ0v) is 15.0. The van der Waals surface area contributed by atoms with Gasteiger partial charge in [0, 0.05) is 38.7 Å². The second-order valence-electron chi connectivity index (χ2n) is 5.94. The van der Waals surface area contributed by atoms with E-state index in [0.717, 1.165) is 11.3 Å². The zero-order valence-electron chi connectivity index (χ0n) is 15.0. The molecule has 1 aliphatic heterocycles. The molecular weight excluding hydrogens is 316 g/mol. The van der Waals surface area contributed by atoms with Gasteiger partial charge in [-0.25, -0.2) is 0 Å². The average Bonchev–Trinajstić information content (AvgIpc) is 2.66. The van der Waals surface area contributed by atoms with Crippen molar-refractivity contribution in [3.8, 4) is 5.75 Å². The molecule has 0 N–H and O–H groups in total. The van der Waals surface area contributed by atoms with Crippen molar-refractivity contribution in [2.45, 2.75) is 19.8 Å². The highest BCUT2D eigenvalue weighted by molar-refractivity contribution is 5.88. The Labute approximate surface area is 149 Å². The number of amides is 2. The minimum atomic E-state index is 0.00318. The van der Waals surface area contributed by atoms with Crippen molar-refractivity contribution in [1.82, 2.24) is 9.80 Å². The number of hydrogen-bond acceptors (Lipinski definition) is 3. The molecule has 1 heterocycles. The van der Waals surface area contributed by atoms with E-state index in [1.807, 2.05) is 48.2 Å². The molecule has 5 heteroatoms. The highest BCUT2D eigenvalue weighted by atomic mass is 16.5. The van der Waals surface area contributed by atoms with Crippen LogP contribution in [0.15, 0.2) is 48.6 Å². The lowest BCUT2D eigenvalue weighted by atomic mass is 10.1. The fourth-order valence-corrected chi connectivity index (χ4v) is 2.73. The second-order valence-corrected chi connectivity index (χ2v) is 5.94. The smallest absolute Gasteiger partial charge is 0.246 e. The number of rotatable bonds is 6. The summed E-state index contributed by atoms with van der Waals surface area (Å²) in [7, 11) is 1.64. The van der Waals surface area contributed by atoms with Gasteiger partial charge in [-0.2, -0.15) is 0 Å². The number of methoxy groups -OCH3 is 1. The fourth-order valence-electron chi connectivity index (χ4n) is 2.73. The third kappa shape index (κ3) is 5.78. The van der Waals surface area contributed by atoms with E-state index >= 15 is 0 Å². The highest BCUT2D eigenvalue weighted by Crippen LogP contribution is 2.13. The zero-order chi connectivity index (χ0) is 18.1. The summed E-state index contributed by atoms with van der Waals surface area (Å²) in [5, 5.41) is 0. The van der Waals surface area contributed by atoms with E-state index in [2.05, 4.69) is 0 Å². The Hall–Kier alpha value is -2.56. The molecular formula is C20H26N2O3. The normalized spacial score (nSPS) is 15.1. The molecule has 0 aliphatic carbocycles. The van der Waals surface area contributed by atoms with Crippen molar-refractivity contribution in [1.29, 1.82) is 0 Å². The van der Waals surface area contributed by atoms with Crippen LogP contribution in [0, 0.1) is 0 Å². The molecule has 0 radical (unpaired) electrons. The molecule has 1 aromatic carbocycles. The van der Waals surface area contributed by atoms with Gasteiger partial charge >= 0.3 is 0 Å². The van der Waals surface area contributed by atoms with E-state index in [4.69, 9.17) is 4.74 Å². The largest absolute Gasteiger partial charge is 0.497 e. The van der Waals surface area contributed by atoms with E-state index < -0.39 is 0 Å². The van der Waals surface area contributed by atoms with Gasteiger partial charge in [0.2, 0.25) is 11.8 Å². The number of hydrogen-bond donors (Lipinski definition) is 0. The summed E-state index contributed by atoms with van der Waals surface area (Å²) in [6, 6.07) is 7.79. The van der Waals surface area contributed by atoms with E-state index in [9.17, 15) is 9.59 Å². The second kappa shape index (κ2) is 9.67. The lowest BCUT2D eigenvalue weighted by Crippen LogP contribution is -2.50. The maximum absolute atomic E-state index is 12.4. The van der Waals surface area contributed by atoms with Crippen LogP contribution >= 0.6 is 0 Å². The molecule has 1 saturated heterocycles. The molecule has 0 saturated carbocycles. The van der Waals surface area contributed by atoms with Gasteiger partial charge in [-0.1, -0.05) is 30.4 Å². The molecule has 0 bridgehead atoms. The predicted molar refractivity (Wildman–Crippen MR) is 98.4 cm³/mol. The minimum absolute atomic E-state index is 0.00318. The first-order valence-electron chi connectivity index (χ1n) is 8.63. The van der Waals surface area contributed by atoms with Gasteiger partial charge in [-0.3, -0.25) is 9.59 Å². The van der Waals surface area contributed by atoms with Gasteiger partial charge in [0.15, 0.2) is 0 Å². The Morgan fingerprint density at radius 1 is 1.04 bits per heavy atom. The summed E-state index contributed by atoms with van der Waals surface area (Å²) in [6.07, 6.45) is 8.23. The Kier molecular flexibility index (Phi) is 7.26. The molecule has 0 spiro atoms. The number of allylic oxidation sites excluding steroid dienone is 3. The van der Waals surface area contributed by atoms with E-state index in [1.165, 1.54) is 0 Å². The van der Waals surface area contributed by atoms with Gasteiger partial charge < -0.3 is 14.5 Å². The van der Waals surface area contributed by atoms with Crippen LogP contribution in [-0.2, 0) is 16.0 Å². The topological polar surface area (TPSA) is 49.9 Å². The van der Waals surface area contributed by atoms with Crippen LogP contribution in [0.1, 0.15) is 18.9 Å². The van der Waals surface area contributed by atoms with E-state index in [-0.39, 0.29) is 11.8 Å². The van der Waals surface area contributed by atoms with Gasteiger partial charge in [-0.15, -0.1) is 0 Å². The Morgan fingerprint density at radius 2 is 1.68 bits per heavy atom. The molecule has 1 fully saturated rings. The first-order chi connectivity index (χ1) is 12.1. The van der Waals surface area contributed by atoms with Crippen LogP contribution in [0.5, 0.6) is 5.75 Å². The quantitative estimate of drug-likeness (QED) is 0.589. The highest BCUT2D eigenvalue weighted by Gasteiger charge is 2.22. The molecule has 0 unspecified atom stereocenters. The number of piperazine rings is 1. The standard InChI is InChI=1S/C20H26N2O3/c1-3-4-5-6-19(23)21-13-15-22(16-14-21)20(24)12-9-17-7-10-18(25-2)11-8-17/h3-8,10-11H,9,12-16H2,1-2H3. The first kappa shape index (κ1) is 18.8. The van der Waals surface area contributed by atoms with E-state index in [0.29, 0.717) is 39.0 Å². The number of carbonyl (C=O) groups excluding carboxylic acids is 2. The van der Waals surface area contributed by atoms with Crippen molar-refractivity contribution in [2.75, 3.05) is 33.3 Å². The summed E-state index contributed by atoms with van der Waals surface area (Å²) in [4.78, 5) is 28.0. The third-order valence-electron chi connectivity index (χ3n) is 4.27. The van der Waals surface area contributed by atoms with Gasteiger partial charge in [0.1, 0.15) is 5.75 Å². The minimum Gasteiger partial charge on any atom is -0.497 e. The Bertz CT molecular complexity index is 627. The molecule has 1 aliphatic rings. The van der Waals surface area contributed by atoms with Crippen LogP contribution in [0.25, 0.3) is 0 Å². The maximum atomic E-state index is 12.4. The summed E-state index contributed by atoms with van der Waals surface area (Å²) in [5.74, 6) is 0.968. The Balaban J connectivity index is 1.75. The maximum Gasteiger partial charge on any atom is 0.246 e. The van der Waals surface area contributed by atoms with Crippen molar-refractivity contribution in [3.63, 3.8) is 0 Å². The summed E-state index contributed by atoms with van der Waals surface area (Å²) >= 11 is 0. The number of ether oxygens (including phenoxy) is 1. The van der Waals surface area contributed by atoms with Crippen molar-refractivity contribution >= 4 is 11.8 Å². The molecule has 0 atom stereocenters. The first-order valence-corrected chi connectivity index (χ1v) is 8.63. The van der Waals surface area contributed by atoms with Gasteiger partial charge in [0.05, 0.1) is 7.11 Å². The van der Waals surface area contributed by atoms with Gasteiger partial charge in [-0.05, 0) is 31.0 Å². The van der Waals surface area contributed by atoms with Crippen molar-refractivity contribution < 1.29 is 14.3 Å². The molecule has 2 rings (SSSR count).